The number of hydrogen-bond acceptors (Lipinski definition) is 6. The van der Waals surface area contributed by atoms with E-state index in [0.29, 0.717) is 38.7 Å². The predicted octanol–water partition coefficient (Wildman–Crippen LogP) is 1.87. The van der Waals surface area contributed by atoms with E-state index in [0.717, 1.165) is 0 Å². The molecule has 0 spiro atoms. The Labute approximate surface area is 136 Å². The van der Waals surface area contributed by atoms with Crippen LogP contribution in [0.15, 0.2) is 21.7 Å². The third-order valence-electron chi connectivity index (χ3n) is 3.63. The summed E-state index contributed by atoms with van der Waals surface area (Å²) in [5, 5.41) is 4.40. The van der Waals surface area contributed by atoms with Crippen molar-refractivity contribution in [2.45, 2.75) is 20.4 Å². The van der Waals surface area contributed by atoms with Crippen molar-refractivity contribution in [1.82, 2.24) is 19.6 Å². The van der Waals surface area contributed by atoms with Crippen molar-refractivity contribution in [3.63, 3.8) is 0 Å². The molecule has 0 saturated heterocycles. The van der Waals surface area contributed by atoms with E-state index in [1.54, 1.807) is 38.9 Å². The molecule has 0 fully saturated rings. The Morgan fingerprint density at radius 3 is 2.83 bits per heavy atom. The Hall–Kier alpha value is -2.48. The van der Waals surface area contributed by atoms with Crippen LogP contribution in [-0.2, 0) is 13.6 Å². The van der Waals surface area contributed by atoms with E-state index in [1.807, 2.05) is 0 Å². The summed E-state index contributed by atoms with van der Waals surface area (Å²) in [4.78, 5) is 31.8. The molecule has 3 aromatic heterocycles. The first-order valence-electron chi connectivity index (χ1n) is 7.01. The Kier molecular flexibility index (Phi) is 3.77. The van der Waals surface area contributed by atoms with Crippen molar-refractivity contribution in [3.8, 4) is 0 Å². The summed E-state index contributed by atoms with van der Waals surface area (Å²) in [7, 11) is 3.34. The molecule has 7 nitrogen and oxygen atoms in total. The first kappa shape index (κ1) is 15.4. The zero-order valence-corrected chi connectivity index (χ0v) is 14.1. The van der Waals surface area contributed by atoms with Gasteiger partial charge in [0.2, 0.25) is 0 Å². The summed E-state index contributed by atoms with van der Waals surface area (Å²) in [6, 6.07) is 1.79. The van der Waals surface area contributed by atoms with Gasteiger partial charge >= 0.3 is 0 Å². The maximum absolute atomic E-state index is 12.7. The van der Waals surface area contributed by atoms with E-state index < -0.39 is 0 Å². The lowest BCUT2D eigenvalue weighted by atomic mass is 10.2. The van der Waals surface area contributed by atoms with Gasteiger partial charge in [0, 0.05) is 20.2 Å². The number of aromatic nitrogens is 3. The van der Waals surface area contributed by atoms with Crippen LogP contribution in [0.4, 0.5) is 0 Å². The molecule has 0 aromatic carbocycles. The van der Waals surface area contributed by atoms with Crippen LogP contribution < -0.4 is 5.56 Å². The van der Waals surface area contributed by atoms with Crippen LogP contribution in [0.25, 0.3) is 10.2 Å². The summed E-state index contributed by atoms with van der Waals surface area (Å²) < 4.78 is 6.43. The standard InChI is InChI=1S/C15H16N4O3S/c1-8-5-10(17-22-8)6-18(3)15(21)12-9(2)11-13(23-12)16-7-19(4)14(11)20/h5,7H,6H2,1-4H3. The third-order valence-corrected chi connectivity index (χ3v) is 4.82. The molecular formula is C15H16N4O3S. The second kappa shape index (κ2) is 5.62. The minimum absolute atomic E-state index is 0.141. The van der Waals surface area contributed by atoms with Gasteiger partial charge in [-0.3, -0.25) is 9.59 Å². The van der Waals surface area contributed by atoms with E-state index in [1.165, 1.54) is 22.2 Å². The number of amides is 1. The van der Waals surface area contributed by atoms with Crippen molar-refractivity contribution in [3.05, 3.63) is 44.6 Å². The van der Waals surface area contributed by atoms with Gasteiger partial charge in [-0.15, -0.1) is 11.3 Å². The summed E-state index contributed by atoms with van der Waals surface area (Å²) in [6.45, 7) is 3.93. The van der Waals surface area contributed by atoms with Gasteiger partial charge in [0.1, 0.15) is 16.3 Å². The van der Waals surface area contributed by atoms with Crippen molar-refractivity contribution in [2.75, 3.05) is 7.05 Å². The number of nitrogens with zero attached hydrogens (tertiary/aromatic N) is 4. The van der Waals surface area contributed by atoms with Crippen LogP contribution in [0.3, 0.4) is 0 Å². The topological polar surface area (TPSA) is 81.2 Å². The van der Waals surface area contributed by atoms with E-state index in [9.17, 15) is 9.59 Å². The number of rotatable bonds is 3. The average molecular weight is 332 g/mol. The fourth-order valence-corrected chi connectivity index (χ4v) is 3.53. The van der Waals surface area contributed by atoms with Crippen molar-refractivity contribution >= 4 is 27.5 Å². The van der Waals surface area contributed by atoms with Crippen molar-refractivity contribution < 1.29 is 9.32 Å². The lowest BCUT2D eigenvalue weighted by Crippen LogP contribution is -2.26. The van der Waals surface area contributed by atoms with Crippen LogP contribution in [0.2, 0.25) is 0 Å². The molecule has 3 aromatic rings. The molecular weight excluding hydrogens is 316 g/mol. The highest BCUT2D eigenvalue weighted by Gasteiger charge is 2.22. The van der Waals surface area contributed by atoms with Crippen molar-refractivity contribution in [2.24, 2.45) is 7.05 Å². The Morgan fingerprint density at radius 1 is 1.43 bits per heavy atom. The molecule has 120 valence electrons. The quantitative estimate of drug-likeness (QED) is 0.731. The van der Waals surface area contributed by atoms with Crippen LogP contribution in [0, 0.1) is 13.8 Å². The molecule has 0 unspecified atom stereocenters. The minimum Gasteiger partial charge on any atom is -0.361 e. The lowest BCUT2D eigenvalue weighted by Gasteiger charge is -2.14. The van der Waals surface area contributed by atoms with Gasteiger partial charge in [-0.2, -0.15) is 0 Å². The first-order chi connectivity index (χ1) is 10.9. The van der Waals surface area contributed by atoms with E-state index >= 15 is 0 Å². The minimum atomic E-state index is -0.159. The van der Waals surface area contributed by atoms with Gasteiger partial charge in [0.15, 0.2) is 0 Å². The number of carbonyl (C=O) groups is 1. The number of thiophene rings is 1. The highest BCUT2D eigenvalue weighted by atomic mass is 32.1. The maximum Gasteiger partial charge on any atom is 0.264 e. The molecule has 0 aliphatic heterocycles. The summed E-state index contributed by atoms with van der Waals surface area (Å²) in [5.41, 5.74) is 1.22. The molecule has 0 saturated carbocycles. The zero-order valence-electron chi connectivity index (χ0n) is 13.3. The molecule has 0 aliphatic rings. The highest BCUT2D eigenvalue weighted by Crippen LogP contribution is 2.28. The van der Waals surface area contributed by atoms with Gasteiger partial charge in [-0.05, 0) is 19.4 Å². The molecule has 0 bridgehead atoms. The maximum atomic E-state index is 12.7. The van der Waals surface area contributed by atoms with E-state index in [2.05, 4.69) is 10.1 Å². The number of carbonyl (C=O) groups excluding carboxylic acids is 1. The van der Waals surface area contributed by atoms with Crippen molar-refractivity contribution in [1.29, 1.82) is 0 Å². The fourth-order valence-electron chi connectivity index (χ4n) is 2.39. The number of hydrogen-bond donors (Lipinski definition) is 0. The number of fused-ring (bicyclic) bond motifs is 1. The SMILES string of the molecule is Cc1cc(CN(C)C(=O)c2sc3ncn(C)c(=O)c3c2C)no1. The van der Waals surface area contributed by atoms with Crippen LogP contribution in [-0.4, -0.2) is 32.6 Å². The molecule has 1 amide bonds. The van der Waals surface area contributed by atoms with Gasteiger partial charge in [0.05, 0.1) is 23.1 Å². The smallest absolute Gasteiger partial charge is 0.264 e. The normalized spacial score (nSPS) is 11.1. The third kappa shape index (κ3) is 2.65. The summed E-state index contributed by atoms with van der Waals surface area (Å²) >= 11 is 1.24. The average Bonchev–Trinajstić information content (AvgIpc) is 3.06. The highest BCUT2D eigenvalue weighted by molar-refractivity contribution is 7.20. The second-order valence-corrected chi connectivity index (χ2v) is 6.49. The lowest BCUT2D eigenvalue weighted by molar-refractivity contribution is 0.0786. The van der Waals surface area contributed by atoms with Crippen LogP contribution in [0.5, 0.6) is 0 Å². The second-order valence-electron chi connectivity index (χ2n) is 5.49. The monoisotopic (exact) mass is 332 g/mol. The Morgan fingerprint density at radius 2 is 2.17 bits per heavy atom. The summed E-state index contributed by atoms with van der Waals surface area (Å²) in [6.07, 6.45) is 1.47. The molecule has 0 radical (unpaired) electrons. The molecule has 0 N–H and O–H groups in total. The zero-order chi connectivity index (χ0) is 16.7. The van der Waals surface area contributed by atoms with Crippen LogP contribution >= 0.6 is 11.3 Å². The molecule has 8 heteroatoms. The predicted molar refractivity (Wildman–Crippen MR) is 86.6 cm³/mol. The first-order valence-corrected chi connectivity index (χ1v) is 7.82. The van der Waals surface area contributed by atoms with Gasteiger partial charge in [-0.1, -0.05) is 5.16 Å². The van der Waals surface area contributed by atoms with Gasteiger partial charge in [-0.25, -0.2) is 4.98 Å². The Bertz CT molecular complexity index is 953. The summed E-state index contributed by atoms with van der Waals surface area (Å²) in [5.74, 6) is 0.541. The molecule has 3 rings (SSSR count). The van der Waals surface area contributed by atoms with E-state index in [4.69, 9.17) is 4.52 Å². The van der Waals surface area contributed by atoms with Gasteiger partial charge in [0.25, 0.3) is 11.5 Å². The van der Waals surface area contributed by atoms with Crippen LogP contribution in [0.1, 0.15) is 26.7 Å². The molecule has 23 heavy (non-hydrogen) atoms. The van der Waals surface area contributed by atoms with E-state index in [-0.39, 0.29) is 11.5 Å². The molecule has 3 heterocycles. The Balaban J connectivity index is 1.96. The molecule has 0 atom stereocenters. The fraction of sp³-hybridized carbons (Fsp3) is 0.333. The molecule has 0 aliphatic carbocycles. The number of aryl methyl sites for hydroxylation is 3. The largest absolute Gasteiger partial charge is 0.361 e. The van der Waals surface area contributed by atoms with Gasteiger partial charge < -0.3 is 14.0 Å².